The van der Waals surface area contributed by atoms with Crippen molar-refractivity contribution in [2.45, 2.75) is 13.0 Å². The van der Waals surface area contributed by atoms with Crippen LogP contribution in [0.25, 0.3) is 32.5 Å². The van der Waals surface area contributed by atoms with Crippen molar-refractivity contribution >= 4 is 27.4 Å². The second kappa shape index (κ2) is 7.64. The van der Waals surface area contributed by atoms with Gasteiger partial charge in [-0.2, -0.15) is 0 Å². The maximum atomic E-state index is 4.75. The monoisotopic (exact) mass is 419 g/mol. The summed E-state index contributed by atoms with van der Waals surface area (Å²) < 4.78 is 0. The minimum atomic E-state index is 0.893. The number of nitrogens with zero attached hydrogens (tertiary/aromatic N) is 3. The van der Waals surface area contributed by atoms with Crippen molar-refractivity contribution in [1.82, 2.24) is 9.97 Å². The molecule has 6 rings (SSSR count). The van der Waals surface area contributed by atoms with Gasteiger partial charge in [0.05, 0.1) is 5.39 Å². The first kappa shape index (κ1) is 18.3. The smallest absolute Gasteiger partial charge is 0.141 e. The number of aromatic nitrogens is 2. The molecule has 0 spiro atoms. The van der Waals surface area contributed by atoms with Crippen LogP contribution in [-0.2, 0) is 13.0 Å². The SMILES string of the molecule is c1ccc(-c2ccc(-c3csc4ncnc(N5CCc6ccccc6C5)c34)cc2)cc1. The zero-order chi connectivity index (χ0) is 20.6. The van der Waals surface area contributed by atoms with Gasteiger partial charge in [0, 0.05) is 24.0 Å². The molecule has 0 saturated carbocycles. The van der Waals surface area contributed by atoms with Crippen molar-refractivity contribution in [3.8, 4) is 22.3 Å². The maximum Gasteiger partial charge on any atom is 0.141 e. The Kier molecular flexibility index (Phi) is 4.50. The van der Waals surface area contributed by atoms with Crippen molar-refractivity contribution in [3.05, 3.63) is 102 Å². The zero-order valence-corrected chi connectivity index (χ0v) is 17.8. The number of rotatable bonds is 3. The molecule has 0 saturated heterocycles. The molecule has 3 heterocycles. The number of hydrogen-bond acceptors (Lipinski definition) is 4. The fraction of sp³-hybridized carbons (Fsp3) is 0.111. The fourth-order valence-corrected chi connectivity index (χ4v) is 5.37. The van der Waals surface area contributed by atoms with Gasteiger partial charge in [-0.25, -0.2) is 9.97 Å². The summed E-state index contributed by atoms with van der Waals surface area (Å²) in [5.41, 5.74) is 7.73. The zero-order valence-electron chi connectivity index (χ0n) is 17.0. The van der Waals surface area contributed by atoms with E-state index in [1.54, 1.807) is 17.7 Å². The molecule has 150 valence electrons. The van der Waals surface area contributed by atoms with E-state index in [2.05, 4.69) is 94.1 Å². The summed E-state index contributed by atoms with van der Waals surface area (Å²) in [5.74, 6) is 1.04. The molecule has 0 radical (unpaired) electrons. The van der Waals surface area contributed by atoms with Crippen LogP contribution in [0.2, 0.25) is 0 Å². The van der Waals surface area contributed by atoms with E-state index < -0.39 is 0 Å². The second-order valence-corrected chi connectivity index (χ2v) is 8.77. The lowest BCUT2D eigenvalue weighted by atomic mass is 9.98. The van der Waals surface area contributed by atoms with Crippen LogP contribution < -0.4 is 4.90 Å². The van der Waals surface area contributed by atoms with Gasteiger partial charge in [0.25, 0.3) is 0 Å². The van der Waals surface area contributed by atoms with Gasteiger partial charge in [-0.1, -0.05) is 78.9 Å². The van der Waals surface area contributed by atoms with Crippen molar-refractivity contribution in [2.75, 3.05) is 11.4 Å². The number of hydrogen-bond donors (Lipinski definition) is 0. The first-order valence-corrected chi connectivity index (χ1v) is 11.4. The quantitative estimate of drug-likeness (QED) is 0.330. The maximum absolute atomic E-state index is 4.75. The van der Waals surface area contributed by atoms with E-state index in [1.165, 1.54) is 38.8 Å². The Bertz CT molecular complexity index is 1360. The topological polar surface area (TPSA) is 29.0 Å². The lowest BCUT2D eigenvalue weighted by Gasteiger charge is -2.30. The molecule has 0 aliphatic carbocycles. The Morgan fingerprint density at radius 3 is 2.26 bits per heavy atom. The Balaban J connectivity index is 1.40. The molecule has 31 heavy (non-hydrogen) atoms. The average molecular weight is 420 g/mol. The highest BCUT2D eigenvalue weighted by atomic mass is 32.1. The van der Waals surface area contributed by atoms with Gasteiger partial charge >= 0.3 is 0 Å². The summed E-state index contributed by atoms with van der Waals surface area (Å²) >= 11 is 1.70. The minimum absolute atomic E-state index is 0.893. The second-order valence-electron chi connectivity index (χ2n) is 7.91. The molecule has 4 heteroatoms. The fourth-order valence-electron chi connectivity index (χ4n) is 4.46. The molecule has 3 nitrogen and oxygen atoms in total. The molecule has 0 amide bonds. The van der Waals surface area contributed by atoms with E-state index >= 15 is 0 Å². The molecule has 0 fully saturated rings. The molecule has 0 unspecified atom stereocenters. The highest BCUT2D eigenvalue weighted by Crippen LogP contribution is 2.39. The molecule has 0 bridgehead atoms. The van der Waals surface area contributed by atoms with E-state index in [0.29, 0.717) is 0 Å². The summed E-state index contributed by atoms with van der Waals surface area (Å²) in [5, 5.41) is 3.39. The molecular weight excluding hydrogens is 398 g/mol. The van der Waals surface area contributed by atoms with Gasteiger partial charge in [0.1, 0.15) is 17.0 Å². The van der Waals surface area contributed by atoms with E-state index in [4.69, 9.17) is 4.98 Å². The van der Waals surface area contributed by atoms with Crippen LogP contribution in [0.1, 0.15) is 11.1 Å². The average Bonchev–Trinajstić information content (AvgIpc) is 3.29. The molecule has 0 atom stereocenters. The third kappa shape index (κ3) is 3.29. The lowest BCUT2D eigenvalue weighted by Crippen LogP contribution is -2.31. The lowest BCUT2D eigenvalue weighted by molar-refractivity contribution is 0.723. The number of anilines is 1. The van der Waals surface area contributed by atoms with E-state index in [1.807, 2.05) is 0 Å². The first-order valence-electron chi connectivity index (χ1n) is 10.6. The van der Waals surface area contributed by atoms with Crippen LogP contribution in [0, 0.1) is 0 Å². The van der Waals surface area contributed by atoms with Gasteiger partial charge in [0.2, 0.25) is 0 Å². The Morgan fingerprint density at radius 1 is 0.710 bits per heavy atom. The highest BCUT2D eigenvalue weighted by molar-refractivity contribution is 7.17. The largest absolute Gasteiger partial charge is 0.351 e. The molecule has 0 N–H and O–H groups in total. The number of thiophene rings is 1. The summed E-state index contributed by atoms with van der Waals surface area (Å²) in [6.45, 7) is 1.87. The number of fused-ring (bicyclic) bond motifs is 2. The van der Waals surface area contributed by atoms with Crippen molar-refractivity contribution in [2.24, 2.45) is 0 Å². The predicted octanol–water partition coefficient (Wildman–Crippen LogP) is 6.59. The van der Waals surface area contributed by atoms with Crippen LogP contribution in [0.5, 0.6) is 0 Å². The van der Waals surface area contributed by atoms with Gasteiger partial charge < -0.3 is 4.90 Å². The summed E-state index contributed by atoms with van der Waals surface area (Å²) in [6.07, 6.45) is 2.75. The molecule has 2 aromatic heterocycles. The Labute approximate surface area is 185 Å². The van der Waals surface area contributed by atoms with Gasteiger partial charge in [-0.15, -0.1) is 11.3 Å². The number of benzene rings is 3. The molecule has 1 aliphatic heterocycles. The van der Waals surface area contributed by atoms with E-state index in [9.17, 15) is 0 Å². The summed E-state index contributed by atoms with van der Waals surface area (Å²) in [6, 6.07) is 28.1. The van der Waals surface area contributed by atoms with Crippen molar-refractivity contribution < 1.29 is 0 Å². The third-order valence-corrected chi connectivity index (χ3v) is 6.97. The third-order valence-electron chi connectivity index (χ3n) is 6.08. The van der Waals surface area contributed by atoms with Gasteiger partial charge in [-0.3, -0.25) is 0 Å². The standard InChI is InChI=1S/C27H21N3S/c1-2-6-19(7-3-1)21-10-12-22(13-11-21)24-17-31-27-25(24)26(28-18-29-27)30-15-14-20-8-4-5-9-23(20)16-30/h1-13,17-18H,14-16H2. The molecule has 1 aliphatic rings. The predicted molar refractivity (Wildman–Crippen MR) is 129 cm³/mol. The molecule has 5 aromatic rings. The normalized spacial score (nSPS) is 13.4. The molecular formula is C27H21N3S. The minimum Gasteiger partial charge on any atom is -0.351 e. The highest BCUT2D eigenvalue weighted by Gasteiger charge is 2.22. The Morgan fingerprint density at radius 2 is 1.42 bits per heavy atom. The first-order chi connectivity index (χ1) is 15.4. The molecule has 3 aromatic carbocycles. The van der Waals surface area contributed by atoms with Crippen LogP contribution in [0.3, 0.4) is 0 Å². The van der Waals surface area contributed by atoms with Crippen LogP contribution >= 0.6 is 11.3 Å². The van der Waals surface area contributed by atoms with Crippen LogP contribution in [0.15, 0.2) is 90.6 Å². The van der Waals surface area contributed by atoms with E-state index in [-0.39, 0.29) is 0 Å². The summed E-state index contributed by atoms with van der Waals surface area (Å²) in [7, 11) is 0. The van der Waals surface area contributed by atoms with Gasteiger partial charge in [0.15, 0.2) is 0 Å². The Hall–Kier alpha value is -3.50. The van der Waals surface area contributed by atoms with Gasteiger partial charge in [-0.05, 0) is 34.2 Å². The van der Waals surface area contributed by atoms with Crippen molar-refractivity contribution in [1.29, 1.82) is 0 Å². The van der Waals surface area contributed by atoms with Crippen LogP contribution in [-0.4, -0.2) is 16.5 Å². The van der Waals surface area contributed by atoms with E-state index in [0.717, 1.165) is 30.2 Å². The van der Waals surface area contributed by atoms with Crippen LogP contribution in [0.4, 0.5) is 5.82 Å². The summed E-state index contributed by atoms with van der Waals surface area (Å²) in [4.78, 5) is 12.8. The van der Waals surface area contributed by atoms with Crippen molar-refractivity contribution in [3.63, 3.8) is 0 Å².